The maximum absolute atomic E-state index is 9.31. The van der Waals surface area contributed by atoms with E-state index in [0.29, 0.717) is 6.54 Å². The summed E-state index contributed by atoms with van der Waals surface area (Å²) in [5, 5.41) is 18.6. The van der Waals surface area contributed by atoms with Crippen LogP contribution in [0.25, 0.3) is 0 Å². The lowest BCUT2D eigenvalue weighted by molar-refractivity contribution is 0.0521. The predicted molar refractivity (Wildman–Crippen MR) is 91.4 cm³/mol. The monoisotopic (exact) mass is 301 g/mol. The zero-order chi connectivity index (χ0) is 15.8. The Morgan fingerprint density at radius 1 is 0.667 bits per heavy atom. The molecule has 0 aliphatic heterocycles. The SMILES string of the molecule is CCCCCCCCCCCCCCC(CN)(CO)CO. The third-order valence-electron chi connectivity index (χ3n) is 4.66. The highest BCUT2D eigenvalue weighted by molar-refractivity contribution is 4.78. The van der Waals surface area contributed by atoms with Crippen LogP contribution >= 0.6 is 0 Å². The van der Waals surface area contributed by atoms with Crippen LogP contribution in [0.1, 0.15) is 90.4 Å². The second-order valence-electron chi connectivity index (χ2n) is 6.66. The highest BCUT2D eigenvalue weighted by Crippen LogP contribution is 2.23. The zero-order valence-corrected chi connectivity index (χ0v) is 14.3. The summed E-state index contributed by atoms with van der Waals surface area (Å²) >= 11 is 0. The summed E-state index contributed by atoms with van der Waals surface area (Å²) < 4.78 is 0. The molecule has 21 heavy (non-hydrogen) atoms. The van der Waals surface area contributed by atoms with Crippen LogP contribution in [0.4, 0.5) is 0 Å². The highest BCUT2D eigenvalue weighted by Gasteiger charge is 2.26. The quantitative estimate of drug-likeness (QED) is 0.377. The van der Waals surface area contributed by atoms with Crippen LogP contribution in [0.3, 0.4) is 0 Å². The van der Waals surface area contributed by atoms with Crippen molar-refractivity contribution >= 4 is 0 Å². The first-order chi connectivity index (χ1) is 10.2. The Morgan fingerprint density at radius 2 is 1.05 bits per heavy atom. The van der Waals surface area contributed by atoms with Crippen molar-refractivity contribution in [2.24, 2.45) is 11.1 Å². The van der Waals surface area contributed by atoms with Gasteiger partial charge in [-0.2, -0.15) is 0 Å². The molecule has 3 nitrogen and oxygen atoms in total. The van der Waals surface area contributed by atoms with E-state index in [4.69, 9.17) is 5.73 Å². The Bertz CT molecular complexity index is 197. The maximum atomic E-state index is 9.31. The second-order valence-corrected chi connectivity index (χ2v) is 6.66. The smallest absolute Gasteiger partial charge is 0.0521 e. The third kappa shape index (κ3) is 11.1. The van der Waals surface area contributed by atoms with Gasteiger partial charge in [-0.1, -0.05) is 84.0 Å². The molecule has 0 radical (unpaired) electrons. The molecule has 0 aromatic rings. The van der Waals surface area contributed by atoms with E-state index < -0.39 is 5.41 Å². The van der Waals surface area contributed by atoms with E-state index in [1.165, 1.54) is 70.6 Å². The molecule has 0 aromatic heterocycles. The Hall–Kier alpha value is -0.120. The summed E-state index contributed by atoms with van der Waals surface area (Å²) in [4.78, 5) is 0. The standard InChI is InChI=1S/C18H39NO2/c1-2-3-4-5-6-7-8-9-10-11-12-13-14-18(15-19,16-20)17-21/h20-21H,2-17,19H2,1H3. The van der Waals surface area contributed by atoms with E-state index in [9.17, 15) is 10.2 Å². The van der Waals surface area contributed by atoms with Gasteiger partial charge in [-0.05, 0) is 6.42 Å². The number of aliphatic hydroxyl groups is 2. The van der Waals surface area contributed by atoms with Gasteiger partial charge in [-0.3, -0.25) is 0 Å². The first-order valence-corrected chi connectivity index (χ1v) is 9.16. The third-order valence-corrected chi connectivity index (χ3v) is 4.66. The van der Waals surface area contributed by atoms with E-state index in [0.717, 1.165) is 12.8 Å². The van der Waals surface area contributed by atoms with Crippen LogP contribution in [-0.2, 0) is 0 Å². The fraction of sp³-hybridized carbons (Fsp3) is 1.00. The fourth-order valence-electron chi connectivity index (χ4n) is 2.78. The van der Waals surface area contributed by atoms with Gasteiger partial charge in [-0.25, -0.2) is 0 Å². The van der Waals surface area contributed by atoms with Crippen molar-refractivity contribution in [3.8, 4) is 0 Å². The Kier molecular flexibility index (Phi) is 14.7. The zero-order valence-electron chi connectivity index (χ0n) is 14.3. The molecule has 0 unspecified atom stereocenters. The van der Waals surface area contributed by atoms with Gasteiger partial charge < -0.3 is 15.9 Å². The fourth-order valence-corrected chi connectivity index (χ4v) is 2.78. The van der Waals surface area contributed by atoms with Crippen LogP contribution < -0.4 is 5.73 Å². The van der Waals surface area contributed by atoms with Crippen molar-refractivity contribution in [2.75, 3.05) is 19.8 Å². The molecule has 0 fully saturated rings. The van der Waals surface area contributed by atoms with E-state index in [1.54, 1.807) is 0 Å². The molecule has 0 aliphatic rings. The molecule has 0 atom stereocenters. The van der Waals surface area contributed by atoms with Crippen molar-refractivity contribution in [2.45, 2.75) is 90.4 Å². The van der Waals surface area contributed by atoms with Crippen LogP contribution in [0.5, 0.6) is 0 Å². The van der Waals surface area contributed by atoms with Crippen molar-refractivity contribution in [3.63, 3.8) is 0 Å². The Labute approximate surface area is 132 Å². The molecule has 0 spiro atoms. The van der Waals surface area contributed by atoms with Crippen molar-refractivity contribution < 1.29 is 10.2 Å². The summed E-state index contributed by atoms with van der Waals surface area (Å²) in [6, 6.07) is 0. The second kappa shape index (κ2) is 14.8. The van der Waals surface area contributed by atoms with E-state index >= 15 is 0 Å². The Morgan fingerprint density at radius 3 is 1.38 bits per heavy atom. The largest absolute Gasteiger partial charge is 0.396 e. The molecule has 4 N–H and O–H groups in total. The van der Waals surface area contributed by atoms with Crippen LogP contribution in [0.15, 0.2) is 0 Å². The van der Waals surface area contributed by atoms with Gasteiger partial charge in [-0.15, -0.1) is 0 Å². The van der Waals surface area contributed by atoms with Gasteiger partial charge >= 0.3 is 0 Å². The summed E-state index contributed by atoms with van der Waals surface area (Å²) in [7, 11) is 0. The van der Waals surface area contributed by atoms with E-state index in [2.05, 4.69) is 6.92 Å². The molecule has 0 rings (SSSR count). The normalized spacial score (nSPS) is 12.0. The Balaban J connectivity index is 3.29. The van der Waals surface area contributed by atoms with E-state index in [-0.39, 0.29) is 13.2 Å². The topological polar surface area (TPSA) is 66.5 Å². The van der Waals surface area contributed by atoms with Crippen molar-refractivity contribution in [3.05, 3.63) is 0 Å². The van der Waals surface area contributed by atoms with Crippen LogP contribution in [0, 0.1) is 5.41 Å². The lowest BCUT2D eigenvalue weighted by Gasteiger charge is -2.27. The summed E-state index contributed by atoms with van der Waals surface area (Å²) in [5.74, 6) is 0. The van der Waals surface area contributed by atoms with E-state index in [1.807, 2.05) is 0 Å². The summed E-state index contributed by atoms with van der Waals surface area (Å²) in [6.07, 6.45) is 16.8. The van der Waals surface area contributed by atoms with Crippen LogP contribution in [0.2, 0.25) is 0 Å². The number of hydrogen-bond donors (Lipinski definition) is 3. The number of unbranched alkanes of at least 4 members (excludes halogenated alkanes) is 11. The van der Waals surface area contributed by atoms with Crippen molar-refractivity contribution in [1.82, 2.24) is 0 Å². The molecule has 0 heterocycles. The van der Waals surface area contributed by atoms with Gasteiger partial charge in [0.2, 0.25) is 0 Å². The van der Waals surface area contributed by atoms with Gasteiger partial charge in [0.1, 0.15) is 0 Å². The van der Waals surface area contributed by atoms with Crippen molar-refractivity contribution in [1.29, 1.82) is 0 Å². The summed E-state index contributed by atoms with van der Waals surface area (Å²) in [5.41, 5.74) is 5.20. The lowest BCUT2D eigenvalue weighted by atomic mass is 9.84. The van der Waals surface area contributed by atoms with Crippen LogP contribution in [-0.4, -0.2) is 30.0 Å². The first-order valence-electron chi connectivity index (χ1n) is 9.16. The minimum absolute atomic E-state index is 0.00195. The molecular formula is C18H39NO2. The first kappa shape index (κ1) is 20.9. The number of rotatable bonds is 16. The molecule has 0 aromatic carbocycles. The number of hydrogen-bond acceptors (Lipinski definition) is 3. The highest BCUT2D eigenvalue weighted by atomic mass is 16.3. The molecule has 0 aliphatic carbocycles. The molecular weight excluding hydrogens is 262 g/mol. The molecule has 0 saturated carbocycles. The van der Waals surface area contributed by atoms with Gasteiger partial charge in [0.25, 0.3) is 0 Å². The molecule has 0 bridgehead atoms. The average molecular weight is 302 g/mol. The minimum Gasteiger partial charge on any atom is -0.396 e. The number of nitrogens with two attached hydrogens (primary N) is 1. The molecule has 3 heteroatoms. The predicted octanol–water partition coefficient (Wildman–Crippen LogP) is 4.01. The number of aliphatic hydroxyl groups excluding tert-OH is 2. The molecule has 0 amide bonds. The van der Waals surface area contributed by atoms with Gasteiger partial charge in [0.15, 0.2) is 0 Å². The van der Waals surface area contributed by atoms with Gasteiger partial charge in [0, 0.05) is 12.0 Å². The minimum atomic E-state index is -0.446. The summed E-state index contributed by atoms with van der Waals surface area (Å²) in [6.45, 7) is 2.63. The van der Waals surface area contributed by atoms with Gasteiger partial charge in [0.05, 0.1) is 13.2 Å². The maximum Gasteiger partial charge on any atom is 0.0521 e. The average Bonchev–Trinajstić information content (AvgIpc) is 2.53. The molecule has 0 saturated heterocycles. The lowest BCUT2D eigenvalue weighted by Crippen LogP contribution is -2.37. The molecule has 128 valence electrons.